The molecule has 3 aromatic heterocycles. The van der Waals surface area contributed by atoms with Gasteiger partial charge in [-0.05, 0) is 60.7 Å². The lowest BCUT2D eigenvalue weighted by atomic mass is 10.0. The van der Waals surface area contributed by atoms with Gasteiger partial charge in [0.2, 0.25) is 0 Å². The molecule has 3 aromatic carbocycles. The summed E-state index contributed by atoms with van der Waals surface area (Å²) in [5, 5.41) is 14.3. The molecule has 0 unspecified atom stereocenters. The number of fused-ring (bicyclic) bond motifs is 2. The molecule has 6 aromatic rings. The zero-order valence-electron chi connectivity index (χ0n) is 21.3. The molecule has 0 bridgehead atoms. The van der Waals surface area contributed by atoms with Gasteiger partial charge < -0.3 is 5.32 Å². The highest BCUT2D eigenvalue weighted by atomic mass is 16.1. The van der Waals surface area contributed by atoms with E-state index in [0.717, 1.165) is 40.6 Å². The van der Waals surface area contributed by atoms with Gasteiger partial charge in [-0.15, -0.1) is 0 Å². The molecule has 7 rings (SSSR count). The summed E-state index contributed by atoms with van der Waals surface area (Å²) in [5.41, 5.74) is 3.88. The summed E-state index contributed by atoms with van der Waals surface area (Å²) >= 11 is 0. The number of rotatable bonds is 6. The van der Waals surface area contributed by atoms with Gasteiger partial charge in [-0.1, -0.05) is 30.3 Å². The molecule has 40 heavy (non-hydrogen) atoms. The van der Waals surface area contributed by atoms with Crippen molar-refractivity contribution in [3.63, 3.8) is 0 Å². The topological polar surface area (TPSA) is 122 Å². The van der Waals surface area contributed by atoms with Gasteiger partial charge in [-0.2, -0.15) is 5.26 Å². The van der Waals surface area contributed by atoms with E-state index in [2.05, 4.69) is 31.3 Å². The second kappa shape index (κ2) is 9.67. The quantitative estimate of drug-likeness (QED) is 0.316. The van der Waals surface area contributed by atoms with Crippen LogP contribution in [0.2, 0.25) is 0 Å². The Labute approximate surface area is 228 Å². The van der Waals surface area contributed by atoms with E-state index in [-0.39, 0.29) is 17.5 Å². The molecule has 1 aliphatic carbocycles. The van der Waals surface area contributed by atoms with Crippen molar-refractivity contribution in [2.45, 2.75) is 18.9 Å². The Hall–Kier alpha value is -5.49. The van der Waals surface area contributed by atoms with E-state index in [1.54, 1.807) is 29.1 Å². The van der Waals surface area contributed by atoms with E-state index in [0.29, 0.717) is 28.1 Å². The van der Waals surface area contributed by atoms with Crippen LogP contribution in [0.4, 0.5) is 5.82 Å². The minimum Gasteiger partial charge on any atom is -0.359 e. The van der Waals surface area contributed by atoms with Crippen LogP contribution in [-0.2, 0) is 0 Å². The third-order valence-electron chi connectivity index (χ3n) is 7.24. The van der Waals surface area contributed by atoms with Crippen molar-refractivity contribution in [3.8, 4) is 22.9 Å². The van der Waals surface area contributed by atoms with Crippen molar-refractivity contribution in [1.29, 1.82) is 5.26 Å². The summed E-state index contributed by atoms with van der Waals surface area (Å²) < 4.78 is 1.70. The highest BCUT2D eigenvalue weighted by molar-refractivity contribution is 5.94. The molecule has 1 atom stereocenters. The number of hydrogen-bond donors (Lipinski definition) is 1. The molecule has 0 aliphatic heterocycles. The number of benzene rings is 3. The summed E-state index contributed by atoms with van der Waals surface area (Å²) in [6.07, 6.45) is 8.36. The Bertz CT molecular complexity index is 1980. The molecule has 1 saturated carbocycles. The van der Waals surface area contributed by atoms with Gasteiger partial charge in [0.05, 0.1) is 39.8 Å². The van der Waals surface area contributed by atoms with E-state index < -0.39 is 0 Å². The van der Waals surface area contributed by atoms with Crippen molar-refractivity contribution in [2.24, 2.45) is 5.92 Å². The number of aromatic nitrogens is 6. The smallest absolute Gasteiger partial charge is 0.266 e. The Balaban J connectivity index is 1.47. The lowest BCUT2D eigenvalue weighted by Crippen LogP contribution is -2.29. The molecule has 0 amide bonds. The van der Waals surface area contributed by atoms with Gasteiger partial charge in [-0.25, -0.2) is 24.9 Å². The van der Waals surface area contributed by atoms with Gasteiger partial charge in [-0.3, -0.25) is 9.36 Å². The number of nitrogens with one attached hydrogen (secondary N) is 1. The molecule has 0 saturated heterocycles. The van der Waals surface area contributed by atoms with Gasteiger partial charge >= 0.3 is 0 Å². The van der Waals surface area contributed by atoms with Crippen molar-refractivity contribution in [2.75, 3.05) is 5.32 Å². The molecule has 9 heteroatoms. The highest BCUT2D eigenvalue weighted by Crippen LogP contribution is 2.43. The summed E-state index contributed by atoms with van der Waals surface area (Å²) in [4.78, 5) is 36.8. The highest BCUT2D eigenvalue weighted by Gasteiger charge is 2.36. The molecular weight excluding hydrogens is 500 g/mol. The minimum absolute atomic E-state index is 0.169. The van der Waals surface area contributed by atoms with E-state index in [1.165, 1.54) is 12.7 Å². The lowest BCUT2D eigenvalue weighted by Gasteiger charge is -2.24. The average molecular weight is 523 g/mol. The minimum atomic E-state index is -0.301. The maximum atomic E-state index is 14.4. The Morgan fingerprint density at radius 3 is 2.52 bits per heavy atom. The first-order valence-electron chi connectivity index (χ1n) is 13.0. The van der Waals surface area contributed by atoms with Crippen LogP contribution >= 0.6 is 0 Å². The zero-order valence-corrected chi connectivity index (χ0v) is 21.3. The Kier molecular flexibility index (Phi) is 5.71. The van der Waals surface area contributed by atoms with Crippen LogP contribution < -0.4 is 10.9 Å². The first-order valence-corrected chi connectivity index (χ1v) is 13.0. The second-order valence-corrected chi connectivity index (χ2v) is 9.80. The van der Waals surface area contributed by atoms with Crippen LogP contribution in [0.15, 0.2) is 96.6 Å². The first kappa shape index (κ1) is 23.6. The molecule has 1 fully saturated rings. The number of para-hydroxylation sites is 1. The first-order chi connectivity index (χ1) is 19.7. The predicted molar refractivity (Wildman–Crippen MR) is 152 cm³/mol. The molecule has 192 valence electrons. The second-order valence-electron chi connectivity index (χ2n) is 9.80. The van der Waals surface area contributed by atoms with Gasteiger partial charge in [0.15, 0.2) is 0 Å². The van der Waals surface area contributed by atoms with E-state index in [1.807, 2.05) is 54.6 Å². The van der Waals surface area contributed by atoms with Gasteiger partial charge in [0, 0.05) is 23.3 Å². The maximum absolute atomic E-state index is 14.4. The number of anilines is 1. The van der Waals surface area contributed by atoms with Crippen LogP contribution in [0.1, 0.15) is 30.3 Å². The maximum Gasteiger partial charge on any atom is 0.266 e. The summed E-state index contributed by atoms with van der Waals surface area (Å²) in [7, 11) is 0. The fourth-order valence-corrected chi connectivity index (χ4v) is 5.17. The Morgan fingerprint density at radius 2 is 1.75 bits per heavy atom. The molecule has 0 spiro atoms. The molecular formula is C31H22N8O. The van der Waals surface area contributed by atoms with Crippen molar-refractivity contribution in [1.82, 2.24) is 29.5 Å². The van der Waals surface area contributed by atoms with E-state index in [4.69, 9.17) is 4.98 Å². The van der Waals surface area contributed by atoms with E-state index >= 15 is 0 Å². The van der Waals surface area contributed by atoms with Crippen LogP contribution in [-0.4, -0.2) is 29.5 Å². The number of hydrogen-bond acceptors (Lipinski definition) is 8. The van der Waals surface area contributed by atoms with Crippen molar-refractivity contribution < 1.29 is 0 Å². The fourth-order valence-electron chi connectivity index (χ4n) is 5.17. The number of nitriles is 1. The standard InChI is InChI=1S/C31H22N8O/c32-14-19-9-12-25-24(13-19)29(36-18-35-25)38-28(20-10-11-20)30-37-26-8-4-7-23(21-15-33-17-34-16-21)27(26)31(40)39(30)22-5-2-1-3-6-22/h1-9,12-13,15-18,20,28H,10-11H2,(H,35,36,38)/t28-/m0/s1. The average Bonchev–Trinajstić information content (AvgIpc) is 3.86. The van der Waals surface area contributed by atoms with Crippen LogP contribution in [0.3, 0.4) is 0 Å². The third-order valence-corrected chi connectivity index (χ3v) is 7.24. The predicted octanol–water partition coefficient (Wildman–Crippen LogP) is 5.22. The number of nitrogens with zero attached hydrogens (tertiary/aromatic N) is 7. The summed E-state index contributed by atoms with van der Waals surface area (Å²) in [6, 6.07) is 22.5. The monoisotopic (exact) mass is 522 g/mol. The van der Waals surface area contributed by atoms with Crippen molar-refractivity contribution >= 4 is 27.6 Å². The molecule has 1 aliphatic rings. The zero-order chi connectivity index (χ0) is 27.1. The molecule has 0 radical (unpaired) electrons. The summed E-state index contributed by atoms with van der Waals surface area (Å²) in [6.45, 7) is 0. The SMILES string of the molecule is N#Cc1ccc2ncnc(N[C@H](c3nc4cccc(-c5cncnc5)c4c(=O)n3-c3ccccc3)C3CC3)c2c1. The van der Waals surface area contributed by atoms with Gasteiger partial charge in [0.1, 0.15) is 24.3 Å². The molecule has 1 N–H and O–H groups in total. The van der Waals surface area contributed by atoms with Crippen LogP contribution in [0.25, 0.3) is 38.6 Å². The lowest BCUT2D eigenvalue weighted by molar-refractivity contribution is 0.610. The third kappa shape index (κ3) is 4.12. The van der Waals surface area contributed by atoms with E-state index in [9.17, 15) is 10.1 Å². The van der Waals surface area contributed by atoms with Crippen LogP contribution in [0.5, 0.6) is 0 Å². The fraction of sp³-hybridized carbons (Fsp3) is 0.129. The Morgan fingerprint density at radius 1 is 0.925 bits per heavy atom. The normalized spacial score (nSPS) is 13.7. The van der Waals surface area contributed by atoms with Crippen molar-refractivity contribution in [3.05, 3.63) is 114 Å². The van der Waals surface area contributed by atoms with Crippen LogP contribution in [0, 0.1) is 17.2 Å². The molecule has 3 heterocycles. The van der Waals surface area contributed by atoms with Gasteiger partial charge in [0.25, 0.3) is 5.56 Å². The largest absolute Gasteiger partial charge is 0.359 e. The molecule has 9 nitrogen and oxygen atoms in total. The summed E-state index contributed by atoms with van der Waals surface area (Å²) in [5.74, 6) is 1.47.